The number of nitrogens with zero attached hydrogens (tertiary/aromatic N) is 1. The van der Waals surface area contributed by atoms with Crippen LogP contribution < -0.4 is 10.1 Å². The van der Waals surface area contributed by atoms with E-state index in [4.69, 9.17) is 16.3 Å². The van der Waals surface area contributed by atoms with Gasteiger partial charge in [0.05, 0.1) is 29.8 Å². The number of aromatic amines is 1. The Morgan fingerprint density at radius 2 is 1.89 bits per heavy atom. The molecule has 0 spiro atoms. The number of methoxy groups -OCH3 is 1. The van der Waals surface area contributed by atoms with E-state index in [0.717, 1.165) is 18.4 Å². The molecule has 1 atom stereocenters. The molecule has 1 heterocycles. The summed E-state index contributed by atoms with van der Waals surface area (Å²) in [6.07, 6.45) is 0.913. The molecule has 2 N–H and O–H groups in total. The zero-order chi connectivity index (χ0) is 26.0. The molecule has 3 rings (SSSR count). The molecule has 0 aliphatic heterocycles. The summed E-state index contributed by atoms with van der Waals surface area (Å²) in [5, 5.41) is 2.92. The lowest BCUT2D eigenvalue weighted by Gasteiger charge is -2.33. The number of imidazole rings is 1. The molecule has 12 heteroatoms. The third-order valence-electron chi connectivity index (χ3n) is 5.16. The van der Waals surface area contributed by atoms with Gasteiger partial charge in [-0.2, -0.15) is 0 Å². The number of rotatable bonds is 9. The van der Waals surface area contributed by atoms with Gasteiger partial charge in [-0.25, -0.2) is 22.2 Å². The molecule has 0 aliphatic rings. The molecule has 0 amide bonds. The molecule has 0 bridgehead atoms. The van der Waals surface area contributed by atoms with Crippen LogP contribution in [0, 0.1) is 11.6 Å². The number of ether oxygens (including phenoxy) is 2. The monoisotopic (exact) mass is 525 g/mol. The number of nitrogens with one attached hydrogen (secondary N) is 2. The van der Waals surface area contributed by atoms with Crippen molar-refractivity contribution >= 4 is 33.4 Å². The molecule has 3 aromatic rings. The van der Waals surface area contributed by atoms with Crippen molar-refractivity contribution in [2.24, 2.45) is 0 Å². The molecule has 2 aromatic carbocycles. The molecular weight excluding hydrogens is 504 g/mol. The van der Waals surface area contributed by atoms with E-state index < -0.39 is 33.0 Å². The van der Waals surface area contributed by atoms with Crippen LogP contribution in [-0.2, 0) is 31.4 Å². The fourth-order valence-corrected chi connectivity index (χ4v) is 3.96. The second kappa shape index (κ2) is 10.0. The quantitative estimate of drug-likeness (QED) is 0.399. The Morgan fingerprint density at radius 1 is 1.23 bits per heavy atom. The van der Waals surface area contributed by atoms with Crippen LogP contribution in [0.1, 0.15) is 18.2 Å². The van der Waals surface area contributed by atoms with Crippen molar-refractivity contribution in [3.05, 3.63) is 82.8 Å². The van der Waals surface area contributed by atoms with Crippen molar-refractivity contribution in [3.63, 3.8) is 0 Å². The number of carbonyl (C=O) groups excluding carboxylic acids is 1. The number of H-pyrrole nitrogens is 1. The van der Waals surface area contributed by atoms with Crippen molar-refractivity contribution in [2.75, 3.05) is 18.7 Å². The van der Waals surface area contributed by atoms with Crippen LogP contribution in [-0.4, -0.2) is 37.7 Å². The largest absolute Gasteiger partial charge is 0.474 e. The second-order valence-electron chi connectivity index (χ2n) is 7.72. The van der Waals surface area contributed by atoms with Crippen molar-refractivity contribution in [3.8, 4) is 5.75 Å². The number of sulfone groups is 1. The molecular formula is C23H22ClF2N3O5S. The van der Waals surface area contributed by atoms with Gasteiger partial charge in [0.1, 0.15) is 5.82 Å². The van der Waals surface area contributed by atoms with E-state index in [1.807, 2.05) is 0 Å². The van der Waals surface area contributed by atoms with Crippen LogP contribution in [0.3, 0.4) is 0 Å². The van der Waals surface area contributed by atoms with Gasteiger partial charge < -0.3 is 19.8 Å². The number of hydrogen-bond donors (Lipinski definition) is 2. The maximum atomic E-state index is 14.4. The van der Waals surface area contributed by atoms with Gasteiger partial charge in [0.2, 0.25) is 5.95 Å². The lowest BCUT2D eigenvalue weighted by atomic mass is 9.92. The molecule has 0 radical (unpaired) electrons. The molecule has 8 nitrogen and oxygen atoms in total. The predicted octanol–water partition coefficient (Wildman–Crippen LogP) is 4.38. The minimum Gasteiger partial charge on any atom is -0.474 e. The van der Waals surface area contributed by atoms with Gasteiger partial charge in [-0.3, -0.25) is 4.79 Å². The van der Waals surface area contributed by atoms with Gasteiger partial charge in [-0.05, 0) is 31.2 Å². The Bertz CT molecular complexity index is 1380. The Kier molecular flexibility index (Phi) is 7.51. The van der Waals surface area contributed by atoms with Crippen LogP contribution in [0.25, 0.3) is 0 Å². The number of aromatic nitrogens is 2. The third-order valence-corrected chi connectivity index (χ3v) is 6.60. The Hall–Kier alpha value is -3.44. The zero-order valence-corrected chi connectivity index (χ0v) is 20.6. The summed E-state index contributed by atoms with van der Waals surface area (Å²) in [5.41, 5.74) is -0.670. The summed E-state index contributed by atoms with van der Waals surface area (Å²) in [4.78, 5) is 18.6. The van der Waals surface area contributed by atoms with E-state index in [9.17, 15) is 22.0 Å². The Labute approximate surface area is 205 Å². The number of benzene rings is 2. The maximum Gasteiger partial charge on any atom is 0.311 e. The lowest BCUT2D eigenvalue weighted by Crippen LogP contribution is -2.35. The summed E-state index contributed by atoms with van der Waals surface area (Å²) >= 11 is 6.09. The van der Waals surface area contributed by atoms with Gasteiger partial charge in [0.25, 0.3) is 0 Å². The summed E-state index contributed by atoms with van der Waals surface area (Å²) < 4.78 is 62.2. The second-order valence-corrected chi connectivity index (χ2v) is 10.1. The molecule has 0 fully saturated rings. The summed E-state index contributed by atoms with van der Waals surface area (Å²) in [6.45, 7) is 5.54. The molecule has 0 aliphatic carbocycles. The Balaban J connectivity index is 2.00. The highest BCUT2D eigenvalue weighted by atomic mass is 35.5. The van der Waals surface area contributed by atoms with Crippen molar-refractivity contribution in [2.45, 2.75) is 23.8 Å². The van der Waals surface area contributed by atoms with E-state index in [0.29, 0.717) is 17.3 Å². The van der Waals surface area contributed by atoms with Crippen molar-refractivity contribution in [1.29, 1.82) is 0 Å². The first-order valence-electron chi connectivity index (χ1n) is 10.1. The number of halogens is 3. The SMILES string of the molecule is C=C(Nc1nc(Cl)c(CC(=O)OC)[nH]1)C(C)(Oc1ccc(F)cc1F)c1ccc(S(C)(=O)=O)cc1. The maximum absolute atomic E-state index is 14.4. The Morgan fingerprint density at radius 3 is 2.46 bits per heavy atom. The standard InChI is InChI=1S/C23H22ClF2N3O5S/c1-13(27-22-28-18(21(24)29-22)12-20(30)33-3)23(2,34-19-10-7-15(25)11-17(19)26)14-5-8-16(9-6-14)35(4,31)32/h5-11H,1,12H2,2-4H3,(H2,27,28,29). The van der Waals surface area contributed by atoms with Crippen molar-refractivity contribution < 1.29 is 31.5 Å². The minimum atomic E-state index is -3.47. The van der Waals surface area contributed by atoms with E-state index >= 15 is 0 Å². The van der Waals surface area contributed by atoms with Gasteiger partial charge in [-0.1, -0.05) is 30.3 Å². The molecule has 0 saturated heterocycles. The third kappa shape index (κ3) is 5.98. The van der Waals surface area contributed by atoms with E-state index in [2.05, 4.69) is 26.6 Å². The minimum absolute atomic E-state index is 0.0235. The zero-order valence-electron chi connectivity index (χ0n) is 19.0. The van der Waals surface area contributed by atoms with Crippen LogP contribution >= 0.6 is 11.6 Å². The molecule has 35 heavy (non-hydrogen) atoms. The lowest BCUT2D eigenvalue weighted by molar-refractivity contribution is -0.139. The van der Waals surface area contributed by atoms with Crippen LogP contribution in [0.2, 0.25) is 5.15 Å². The molecule has 186 valence electrons. The molecule has 1 unspecified atom stereocenters. The van der Waals surface area contributed by atoms with Crippen molar-refractivity contribution in [1.82, 2.24) is 9.97 Å². The normalized spacial score (nSPS) is 13.1. The predicted molar refractivity (Wildman–Crippen MR) is 126 cm³/mol. The fraction of sp³-hybridized carbons (Fsp3) is 0.217. The molecule has 0 saturated carbocycles. The van der Waals surface area contributed by atoms with Crippen LogP contribution in [0.15, 0.2) is 59.6 Å². The summed E-state index contributed by atoms with van der Waals surface area (Å²) in [7, 11) is -2.23. The summed E-state index contributed by atoms with van der Waals surface area (Å²) in [6, 6.07) is 8.55. The van der Waals surface area contributed by atoms with E-state index in [1.165, 1.54) is 31.4 Å². The van der Waals surface area contributed by atoms with Crippen LogP contribution in [0.4, 0.5) is 14.7 Å². The van der Waals surface area contributed by atoms with Gasteiger partial charge in [-0.15, -0.1) is 0 Å². The van der Waals surface area contributed by atoms with E-state index in [-0.39, 0.29) is 33.9 Å². The number of esters is 1. The van der Waals surface area contributed by atoms with Gasteiger partial charge >= 0.3 is 5.97 Å². The van der Waals surface area contributed by atoms with Gasteiger partial charge in [0.15, 0.2) is 32.2 Å². The average molecular weight is 526 g/mol. The smallest absolute Gasteiger partial charge is 0.311 e. The first-order valence-corrected chi connectivity index (χ1v) is 12.3. The fourth-order valence-electron chi connectivity index (χ4n) is 3.14. The topological polar surface area (TPSA) is 110 Å². The van der Waals surface area contributed by atoms with E-state index in [1.54, 1.807) is 6.92 Å². The molecule has 1 aromatic heterocycles. The highest BCUT2D eigenvalue weighted by Crippen LogP contribution is 2.36. The highest BCUT2D eigenvalue weighted by molar-refractivity contribution is 7.90. The van der Waals surface area contributed by atoms with Gasteiger partial charge in [0, 0.05) is 17.9 Å². The first kappa shape index (κ1) is 26.2. The number of anilines is 1. The number of hydrogen-bond acceptors (Lipinski definition) is 7. The number of carbonyl (C=O) groups is 1. The first-order chi connectivity index (χ1) is 16.3. The highest BCUT2D eigenvalue weighted by Gasteiger charge is 2.35. The summed E-state index contributed by atoms with van der Waals surface area (Å²) in [5.74, 6) is -2.42. The average Bonchev–Trinajstić information content (AvgIpc) is 3.13. The van der Waals surface area contributed by atoms with Crippen LogP contribution in [0.5, 0.6) is 5.75 Å².